The molecular formula is C17H19Cl2N6O7P. The van der Waals surface area contributed by atoms with Crippen LogP contribution in [0.2, 0.25) is 10.3 Å². The monoisotopic (exact) mass is 520 g/mol. The van der Waals surface area contributed by atoms with Gasteiger partial charge in [0.1, 0.15) is 24.7 Å². The van der Waals surface area contributed by atoms with Crippen LogP contribution in [0, 0.1) is 0 Å². The van der Waals surface area contributed by atoms with E-state index < -0.39 is 38.5 Å². The van der Waals surface area contributed by atoms with Crippen molar-refractivity contribution in [3.05, 3.63) is 40.1 Å². The first-order chi connectivity index (χ1) is 15.6. The summed E-state index contributed by atoms with van der Waals surface area (Å²) >= 11 is 12.3. The Morgan fingerprint density at radius 3 is 2.67 bits per heavy atom. The molecule has 33 heavy (non-hydrogen) atoms. The van der Waals surface area contributed by atoms with E-state index in [2.05, 4.69) is 25.6 Å². The van der Waals surface area contributed by atoms with Crippen LogP contribution in [0.25, 0.3) is 11.2 Å². The van der Waals surface area contributed by atoms with Crippen molar-refractivity contribution in [2.45, 2.75) is 31.1 Å². The molecule has 16 heteroatoms. The first-order valence-corrected chi connectivity index (χ1v) is 12.1. The number of hydrogen-bond donors (Lipinski definition) is 5. The second kappa shape index (κ2) is 9.74. The Morgan fingerprint density at radius 2 is 1.94 bits per heavy atom. The van der Waals surface area contributed by atoms with Gasteiger partial charge in [0.25, 0.3) is 0 Å². The number of benzene rings is 1. The van der Waals surface area contributed by atoms with Crippen LogP contribution in [-0.4, -0.2) is 76.2 Å². The highest BCUT2D eigenvalue weighted by atomic mass is 35.5. The van der Waals surface area contributed by atoms with E-state index >= 15 is 0 Å². The number of aliphatic hydroxyl groups is 2. The topological polar surface area (TPSA) is 185 Å². The summed E-state index contributed by atoms with van der Waals surface area (Å²) in [6.45, 7) is -0.0535. The largest absolute Gasteiger partial charge is 0.387 e. The molecule has 0 amide bonds. The molecule has 4 rings (SSSR count). The van der Waals surface area contributed by atoms with Crippen LogP contribution in [0.15, 0.2) is 24.3 Å². The zero-order valence-electron chi connectivity index (χ0n) is 16.7. The number of nitrogens with one attached hydrogen (secondary N) is 1. The highest BCUT2D eigenvalue weighted by Gasteiger charge is 2.45. The van der Waals surface area contributed by atoms with Crippen molar-refractivity contribution in [3.8, 4) is 0 Å². The summed E-state index contributed by atoms with van der Waals surface area (Å²) in [7, 11) is -4.39. The summed E-state index contributed by atoms with van der Waals surface area (Å²) in [6.07, 6.45) is -6.01. The van der Waals surface area contributed by atoms with E-state index in [1.807, 2.05) is 18.2 Å². The van der Waals surface area contributed by atoms with Gasteiger partial charge in [-0.15, -0.1) is 5.10 Å². The quantitative estimate of drug-likeness (QED) is 0.209. The predicted octanol–water partition coefficient (Wildman–Crippen LogP) is 0.911. The number of fused-ring (bicyclic) bond motifs is 1. The Labute approximate surface area is 196 Å². The van der Waals surface area contributed by atoms with Crippen molar-refractivity contribution in [2.75, 3.05) is 18.3 Å². The molecule has 3 heterocycles. The molecule has 13 nitrogen and oxygen atoms in total. The zero-order chi connectivity index (χ0) is 23.8. The molecule has 2 aromatic heterocycles. The maximum absolute atomic E-state index is 10.9. The average molecular weight is 521 g/mol. The van der Waals surface area contributed by atoms with E-state index in [4.69, 9.17) is 42.5 Å². The summed E-state index contributed by atoms with van der Waals surface area (Å²) < 4.78 is 22.6. The number of halogens is 2. The lowest BCUT2D eigenvalue weighted by Gasteiger charge is -2.15. The molecule has 4 atom stereocenters. The van der Waals surface area contributed by atoms with Gasteiger partial charge in [0.2, 0.25) is 5.28 Å². The van der Waals surface area contributed by atoms with Crippen molar-refractivity contribution in [3.63, 3.8) is 0 Å². The molecule has 0 aliphatic carbocycles. The third kappa shape index (κ3) is 5.43. The highest BCUT2D eigenvalue weighted by Crippen LogP contribution is 2.36. The third-order valence-corrected chi connectivity index (χ3v) is 5.88. The fraction of sp³-hybridized carbons (Fsp3) is 0.412. The molecule has 0 radical (unpaired) electrons. The predicted molar refractivity (Wildman–Crippen MR) is 116 cm³/mol. The van der Waals surface area contributed by atoms with E-state index in [-0.39, 0.29) is 28.9 Å². The van der Waals surface area contributed by atoms with Crippen LogP contribution in [-0.2, 0) is 20.6 Å². The zero-order valence-corrected chi connectivity index (χ0v) is 19.1. The van der Waals surface area contributed by atoms with Crippen molar-refractivity contribution in [2.24, 2.45) is 0 Å². The molecule has 1 saturated heterocycles. The van der Waals surface area contributed by atoms with Crippen LogP contribution in [0.4, 0.5) is 5.82 Å². The van der Waals surface area contributed by atoms with Crippen molar-refractivity contribution in [1.82, 2.24) is 25.0 Å². The van der Waals surface area contributed by atoms with Gasteiger partial charge < -0.3 is 34.8 Å². The van der Waals surface area contributed by atoms with Gasteiger partial charge in [-0.1, -0.05) is 35.0 Å². The van der Waals surface area contributed by atoms with Gasteiger partial charge in [-0.3, -0.25) is 4.57 Å². The SMILES string of the molecule is O=P(O)(O)COC[C@H]1O[C@@H](n2nnc3c(NCc4ccccc4Cl)nc(Cl)nc32)[C@H](O)[C@@H]1O. The summed E-state index contributed by atoms with van der Waals surface area (Å²) in [5.41, 5.74) is 1.17. The van der Waals surface area contributed by atoms with Gasteiger partial charge in [0, 0.05) is 11.6 Å². The second-order valence-electron chi connectivity index (χ2n) is 7.20. The molecule has 5 N–H and O–H groups in total. The van der Waals surface area contributed by atoms with E-state index in [1.165, 1.54) is 0 Å². The molecule has 1 aliphatic rings. The maximum Gasteiger partial charge on any atom is 0.350 e. The molecule has 1 fully saturated rings. The Hall–Kier alpha value is -1.93. The Bertz CT molecular complexity index is 1190. The fourth-order valence-electron chi connectivity index (χ4n) is 3.28. The number of nitrogens with zero attached hydrogens (tertiary/aromatic N) is 5. The van der Waals surface area contributed by atoms with E-state index in [0.717, 1.165) is 10.2 Å². The van der Waals surface area contributed by atoms with Gasteiger partial charge in [-0.05, 0) is 23.2 Å². The van der Waals surface area contributed by atoms with E-state index in [9.17, 15) is 14.8 Å². The smallest absolute Gasteiger partial charge is 0.350 e. The summed E-state index contributed by atoms with van der Waals surface area (Å²) in [5, 5.41) is 32.3. The lowest BCUT2D eigenvalue weighted by atomic mass is 10.1. The lowest BCUT2D eigenvalue weighted by molar-refractivity contribution is -0.0665. The van der Waals surface area contributed by atoms with Gasteiger partial charge in [-0.2, -0.15) is 14.6 Å². The molecule has 178 valence electrons. The Morgan fingerprint density at radius 1 is 1.18 bits per heavy atom. The molecule has 0 unspecified atom stereocenters. The first-order valence-electron chi connectivity index (χ1n) is 9.53. The van der Waals surface area contributed by atoms with Crippen LogP contribution < -0.4 is 5.32 Å². The van der Waals surface area contributed by atoms with Gasteiger partial charge in [0.05, 0.1) is 6.61 Å². The molecule has 1 aliphatic heterocycles. The fourth-order valence-corrected chi connectivity index (χ4v) is 3.99. The van der Waals surface area contributed by atoms with E-state index in [0.29, 0.717) is 11.6 Å². The Kier molecular flexibility index (Phi) is 7.15. The number of ether oxygens (including phenoxy) is 2. The molecule has 1 aromatic carbocycles. The maximum atomic E-state index is 10.9. The Balaban J connectivity index is 1.55. The molecule has 3 aromatic rings. The number of anilines is 1. The first kappa shape index (κ1) is 24.2. The number of aliphatic hydroxyl groups excluding tert-OH is 2. The van der Waals surface area contributed by atoms with Crippen LogP contribution >= 0.6 is 30.8 Å². The third-order valence-electron chi connectivity index (χ3n) is 4.82. The van der Waals surface area contributed by atoms with Crippen LogP contribution in [0.5, 0.6) is 0 Å². The van der Waals surface area contributed by atoms with Crippen molar-refractivity contribution >= 4 is 47.8 Å². The number of rotatable bonds is 8. The molecular weight excluding hydrogens is 502 g/mol. The number of aromatic nitrogens is 5. The normalized spacial score (nSPS) is 23.3. The lowest BCUT2D eigenvalue weighted by Crippen LogP contribution is -2.34. The standard InChI is InChI=1S/C17H19Cl2N6O7P/c18-9-4-2-1-3-8(9)5-20-14-11-15(22-17(19)21-14)25(24-23-11)16-13(27)12(26)10(32-16)6-31-7-33(28,29)30/h1-4,10,12-13,16,26-27H,5-7H2,(H,20,21,22)(H2,28,29,30)/t10-,12-,13-,16-/m1/s1. The van der Waals surface area contributed by atoms with Gasteiger partial charge in [-0.25, -0.2) is 0 Å². The molecule has 0 spiro atoms. The number of hydrogen-bond acceptors (Lipinski definition) is 10. The minimum atomic E-state index is -4.39. The second-order valence-corrected chi connectivity index (χ2v) is 9.54. The van der Waals surface area contributed by atoms with Gasteiger partial charge >= 0.3 is 7.60 Å². The highest BCUT2D eigenvalue weighted by molar-refractivity contribution is 7.51. The average Bonchev–Trinajstić information content (AvgIpc) is 3.28. The van der Waals surface area contributed by atoms with Crippen molar-refractivity contribution < 1.29 is 34.0 Å². The van der Waals surface area contributed by atoms with Crippen LogP contribution in [0.3, 0.4) is 0 Å². The molecule has 0 bridgehead atoms. The summed E-state index contributed by atoms with van der Waals surface area (Å²) in [6, 6.07) is 7.24. The summed E-state index contributed by atoms with van der Waals surface area (Å²) in [5.74, 6) is 0.269. The minimum absolute atomic E-state index is 0.123. The minimum Gasteiger partial charge on any atom is -0.387 e. The summed E-state index contributed by atoms with van der Waals surface area (Å²) in [4.78, 5) is 26.0. The molecule has 0 saturated carbocycles. The van der Waals surface area contributed by atoms with Crippen LogP contribution in [0.1, 0.15) is 11.8 Å². The van der Waals surface area contributed by atoms with Crippen molar-refractivity contribution in [1.29, 1.82) is 0 Å². The van der Waals surface area contributed by atoms with E-state index in [1.54, 1.807) is 6.07 Å². The van der Waals surface area contributed by atoms with Gasteiger partial charge in [0.15, 0.2) is 23.2 Å².